The third-order valence-electron chi connectivity index (χ3n) is 2.16. The van der Waals surface area contributed by atoms with E-state index in [2.05, 4.69) is 15.0 Å². The van der Waals surface area contributed by atoms with Crippen LogP contribution in [0.1, 0.15) is 18.2 Å². The Morgan fingerprint density at radius 3 is 2.88 bits per heavy atom. The van der Waals surface area contributed by atoms with Crippen LogP contribution in [0.5, 0.6) is 0 Å². The Bertz CT molecular complexity index is 435. The lowest BCUT2D eigenvalue weighted by Gasteiger charge is -2.18. The molecule has 1 rings (SSSR count). The number of nitrogens with zero attached hydrogens (tertiary/aromatic N) is 4. The number of azide groups is 1. The molecule has 0 bridgehead atoms. The van der Waals surface area contributed by atoms with Gasteiger partial charge in [-0.15, -0.1) is 0 Å². The first-order chi connectivity index (χ1) is 8.06. The van der Waals surface area contributed by atoms with E-state index in [0.717, 1.165) is 0 Å². The van der Waals surface area contributed by atoms with E-state index >= 15 is 0 Å². The van der Waals surface area contributed by atoms with Crippen molar-refractivity contribution in [3.05, 3.63) is 33.4 Å². The molecule has 0 aliphatic heterocycles. The highest BCUT2D eigenvalue weighted by Crippen LogP contribution is 2.24. The standard InChI is InChI=1S/C9H12ClN5O2/c10-7-2-1-5(11)8(14-7)9(17)6(16)3-4-13-15-12/h1-2,6,9,16-17H,3-4,11H2. The molecule has 0 radical (unpaired) electrons. The van der Waals surface area contributed by atoms with Crippen LogP contribution >= 0.6 is 11.6 Å². The highest BCUT2D eigenvalue weighted by molar-refractivity contribution is 6.29. The van der Waals surface area contributed by atoms with Crippen molar-refractivity contribution in [1.82, 2.24) is 4.98 Å². The van der Waals surface area contributed by atoms with E-state index in [9.17, 15) is 10.2 Å². The Morgan fingerprint density at radius 2 is 2.24 bits per heavy atom. The molecule has 0 aromatic carbocycles. The fourth-order valence-electron chi connectivity index (χ4n) is 1.27. The SMILES string of the molecule is [N-]=[N+]=NCCC(O)C(O)c1nc(Cl)ccc1N. The van der Waals surface area contributed by atoms with E-state index in [-0.39, 0.29) is 29.5 Å². The second-order valence-corrected chi connectivity index (χ2v) is 3.75. The van der Waals surface area contributed by atoms with Crippen molar-refractivity contribution in [3.63, 3.8) is 0 Å². The summed E-state index contributed by atoms with van der Waals surface area (Å²) in [4.78, 5) is 6.39. The molecule has 0 aliphatic carbocycles. The molecule has 0 saturated carbocycles. The molecule has 0 saturated heterocycles. The van der Waals surface area contributed by atoms with E-state index in [1.54, 1.807) is 0 Å². The van der Waals surface area contributed by atoms with Gasteiger partial charge < -0.3 is 15.9 Å². The molecule has 8 heteroatoms. The van der Waals surface area contributed by atoms with Crippen molar-refractivity contribution in [2.45, 2.75) is 18.6 Å². The minimum absolute atomic E-state index is 0.0786. The lowest BCUT2D eigenvalue weighted by molar-refractivity contribution is 0.0130. The predicted molar refractivity (Wildman–Crippen MR) is 63.3 cm³/mol. The molecule has 1 aromatic heterocycles. The first-order valence-electron chi connectivity index (χ1n) is 4.85. The Balaban J connectivity index is 2.76. The van der Waals surface area contributed by atoms with Gasteiger partial charge in [0.05, 0.1) is 17.5 Å². The first-order valence-corrected chi connectivity index (χ1v) is 5.23. The average Bonchev–Trinajstić information content (AvgIpc) is 2.31. The normalized spacial score (nSPS) is 13.8. The number of anilines is 1. The van der Waals surface area contributed by atoms with E-state index in [0.29, 0.717) is 0 Å². The zero-order valence-electron chi connectivity index (χ0n) is 8.86. The van der Waals surface area contributed by atoms with Crippen molar-refractivity contribution in [3.8, 4) is 0 Å². The molecule has 0 spiro atoms. The number of hydrogen-bond donors (Lipinski definition) is 3. The maximum absolute atomic E-state index is 9.81. The van der Waals surface area contributed by atoms with Gasteiger partial charge in [-0.2, -0.15) is 0 Å². The Labute approximate surface area is 102 Å². The quantitative estimate of drug-likeness (QED) is 0.319. The highest BCUT2D eigenvalue weighted by atomic mass is 35.5. The van der Waals surface area contributed by atoms with Gasteiger partial charge in [0.2, 0.25) is 0 Å². The second-order valence-electron chi connectivity index (χ2n) is 3.36. The maximum atomic E-state index is 9.81. The van der Waals surface area contributed by atoms with Crippen molar-refractivity contribution in [1.29, 1.82) is 0 Å². The minimum Gasteiger partial charge on any atom is -0.397 e. The van der Waals surface area contributed by atoms with Gasteiger partial charge >= 0.3 is 0 Å². The second kappa shape index (κ2) is 6.27. The van der Waals surface area contributed by atoms with Crippen molar-refractivity contribution >= 4 is 17.3 Å². The molecule has 2 unspecified atom stereocenters. The molecule has 2 atom stereocenters. The topological polar surface area (TPSA) is 128 Å². The summed E-state index contributed by atoms with van der Waals surface area (Å²) in [6.45, 7) is 0.0786. The fraction of sp³-hybridized carbons (Fsp3) is 0.444. The lowest BCUT2D eigenvalue weighted by atomic mass is 10.1. The van der Waals surface area contributed by atoms with Gasteiger partial charge in [0.25, 0.3) is 0 Å². The summed E-state index contributed by atoms with van der Waals surface area (Å²) in [5, 5.41) is 22.9. The van der Waals surface area contributed by atoms with Gasteiger partial charge in [-0.25, -0.2) is 4.98 Å². The molecule has 92 valence electrons. The van der Waals surface area contributed by atoms with Crippen molar-refractivity contribution in [2.24, 2.45) is 5.11 Å². The summed E-state index contributed by atoms with van der Waals surface area (Å²) in [6.07, 6.45) is -2.27. The predicted octanol–water partition coefficient (Wildman–Crippen LogP) is 1.41. The summed E-state index contributed by atoms with van der Waals surface area (Å²) in [5.41, 5.74) is 14.0. The number of aliphatic hydroxyl groups excluding tert-OH is 2. The van der Waals surface area contributed by atoms with Crippen LogP contribution < -0.4 is 5.73 Å². The summed E-state index contributed by atoms with van der Waals surface area (Å²) in [6, 6.07) is 2.98. The van der Waals surface area contributed by atoms with E-state index in [1.807, 2.05) is 0 Å². The van der Waals surface area contributed by atoms with Crippen LogP contribution in [0.3, 0.4) is 0 Å². The van der Waals surface area contributed by atoms with Crippen LogP contribution in [0.2, 0.25) is 5.15 Å². The number of aromatic nitrogens is 1. The van der Waals surface area contributed by atoms with Crippen LogP contribution in [-0.4, -0.2) is 27.8 Å². The van der Waals surface area contributed by atoms with Gasteiger partial charge in [0.1, 0.15) is 11.3 Å². The Morgan fingerprint density at radius 1 is 1.53 bits per heavy atom. The number of halogens is 1. The van der Waals surface area contributed by atoms with Crippen LogP contribution in [0.25, 0.3) is 10.4 Å². The molecule has 1 aromatic rings. The van der Waals surface area contributed by atoms with E-state index < -0.39 is 12.2 Å². The Kier molecular flexibility index (Phi) is 4.99. The third-order valence-corrected chi connectivity index (χ3v) is 2.37. The molecule has 0 fully saturated rings. The minimum atomic E-state index is -1.26. The zero-order chi connectivity index (χ0) is 12.8. The van der Waals surface area contributed by atoms with E-state index in [4.69, 9.17) is 22.9 Å². The third kappa shape index (κ3) is 3.76. The van der Waals surface area contributed by atoms with Gasteiger partial charge in [0.15, 0.2) is 0 Å². The van der Waals surface area contributed by atoms with E-state index in [1.165, 1.54) is 12.1 Å². The summed E-state index contributed by atoms with van der Waals surface area (Å²) in [7, 11) is 0. The number of nitrogens with two attached hydrogens (primary N) is 1. The summed E-state index contributed by atoms with van der Waals surface area (Å²) >= 11 is 5.67. The summed E-state index contributed by atoms with van der Waals surface area (Å²) < 4.78 is 0. The Hall–Kier alpha value is -1.53. The van der Waals surface area contributed by atoms with Gasteiger partial charge in [-0.3, -0.25) is 0 Å². The van der Waals surface area contributed by atoms with Crippen LogP contribution in [-0.2, 0) is 0 Å². The molecule has 17 heavy (non-hydrogen) atoms. The number of pyridine rings is 1. The highest BCUT2D eigenvalue weighted by Gasteiger charge is 2.21. The number of aliphatic hydroxyl groups is 2. The molecule has 1 heterocycles. The van der Waals surface area contributed by atoms with Crippen LogP contribution in [0, 0.1) is 0 Å². The summed E-state index contributed by atoms with van der Waals surface area (Å²) in [5.74, 6) is 0. The smallest absolute Gasteiger partial charge is 0.129 e. The number of hydrogen-bond acceptors (Lipinski definition) is 5. The van der Waals surface area contributed by atoms with Crippen LogP contribution in [0.4, 0.5) is 5.69 Å². The van der Waals surface area contributed by atoms with Gasteiger partial charge in [0, 0.05) is 11.5 Å². The number of nitrogen functional groups attached to an aromatic ring is 1. The molecule has 7 nitrogen and oxygen atoms in total. The molecule has 4 N–H and O–H groups in total. The number of rotatable bonds is 5. The largest absolute Gasteiger partial charge is 0.397 e. The van der Waals surface area contributed by atoms with Gasteiger partial charge in [-0.05, 0) is 24.1 Å². The zero-order valence-corrected chi connectivity index (χ0v) is 9.62. The fourth-order valence-corrected chi connectivity index (χ4v) is 1.43. The maximum Gasteiger partial charge on any atom is 0.129 e. The molecular weight excluding hydrogens is 246 g/mol. The van der Waals surface area contributed by atoms with Crippen molar-refractivity contribution < 1.29 is 10.2 Å². The molecule has 0 amide bonds. The molecular formula is C9H12ClN5O2. The molecule has 0 aliphatic rings. The van der Waals surface area contributed by atoms with Crippen LogP contribution in [0.15, 0.2) is 17.2 Å². The average molecular weight is 258 g/mol. The van der Waals surface area contributed by atoms with Gasteiger partial charge in [-0.1, -0.05) is 16.7 Å². The van der Waals surface area contributed by atoms with Crippen molar-refractivity contribution in [2.75, 3.05) is 12.3 Å². The lowest BCUT2D eigenvalue weighted by Crippen LogP contribution is -2.21. The monoisotopic (exact) mass is 257 g/mol. The first kappa shape index (κ1) is 13.5.